The Hall–Kier alpha value is -2.56. The number of nitrogens with zero attached hydrogens (tertiary/aromatic N) is 2. The normalized spacial score (nSPS) is 10.4. The zero-order chi connectivity index (χ0) is 16.3. The second kappa shape index (κ2) is 6.47. The highest BCUT2D eigenvalue weighted by molar-refractivity contribution is 5.97. The van der Waals surface area contributed by atoms with Crippen LogP contribution in [-0.2, 0) is 11.3 Å². The van der Waals surface area contributed by atoms with Crippen LogP contribution in [0.2, 0.25) is 0 Å². The van der Waals surface area contributed by atoms with Crippen LogP contribution >= 0.6 is 0 Å². The summed E-state index contributed by atoms with van der Waals surface area (Å²) >= 11 is 0. The molecule has 0 bridgehead atoms. The molecule has 114 valence electrons. The largest absolute Gasteiger partial charge is 0.456 e. The number of carbonyl (C=O) groups is 2. The molecule has 0 atom stereocenters. The number of carbonyl (C=O) groups excluding carboxylic acids is 2. The van der Waals surface area contributed by atoms with Gasteiger partial charge in [0.05, 0.1) is 6.20 Å². The molecule has 0 aliphatic rings. The third-order valence-corrected chi connectivity index (χ3v) is 3.60. The Kier molecular flexibility index (Phi) is 4.65. The maximum absolute atomic E-state index is 11.9. The van der Waals surface area contributed by atoms with Crippen molar-refractivity contribution in [2.45, 2.75) is 34.3 Å². The molecule has 1 heterocycles. The fourth-order valence-corrected chi connectivity index (χ4v) is 2.61. The third kappa shape index (κ3) is 3.19. The molecule has 0 amide bonds. The maximum atomic E-state index is 11.9. The Morgan fingerprint density at radius 3 is 2.45 bits per heavy atom. The highest BCUT2D eigenvalue weighted by Crippen LogP contribution is 2.23. The van der Waals surface area contributed by atoms with E-state index in [1.165, 1.54) is 18.6 Å². The Labute approximate surface area is 129 Å². The first-order valence-corrected chi connectivity index (χ1v) is 6.95. The zero-order valence-corrected chi connectivity index (χ0v) is 13.1. The molecular formula is C17H18N2O3. The Bertz CT molecular complexity index is 724. The molecule has 1 aromatic heterocycles. The highest BCUT2D eigenvalue weighted by Gasteiger charge is 2.16. The first-order valence-electron chi connectivity index (χ1n) is 6.95. The fourth-order valence-electron chi connectivity index (χ4n) is 2.61. The van der Waals surface area contributed by atoms with Gasteiger partial charge in [0.15, 0.2) is 11.5 Å². The van der Waals surface area contributed by atoms with E-state index < -0.39 is 5.97 Å². The summed E-state index contributed by atoms with van der Waals surface area (Å²) < 4.78 is 5.30. The molecule has 0 saturated heterocycles. The summed E-state index contributed by atoms with van der Waals surface area (Å²) in [5.41, 5.74) is 4.50. The highest BCUT2D eigenvalue weighted by atomic mass is 16.5. The van der Waals surface area contributed by atoms with Crippen LogP contribution in [0.25, 0.3) is 0 Å². The van der Waals surface area contributed by atoms with Crippen molar-refractivity contribution in [1.29, 1.82) is 0 Å². The molecule has 5 nitrogen and oxygen atoms in total. The molecule has 0 saturated carbocycles. The van der Waals surface area contributed by atoms with Gasteiger partial charge >= 0.3 is 5.97 Å². The Balaban J connectivity index is 2.25. The minimum atomic E-state index is -0.531. The van der Waals surface area contributed by atoms with Crippen molar-refractivity contribution in [3.05, 3.63) is 58.2 Å². The number of ether oxygens (including phenoxy) is 1. The van der Waals surface area contributed by atoms with Crippen LogP contribution < -0.4 is 0 Å². The lowest BCUT2D eigenvalue weighted by molar-refractivity contribution is 0.0464. The smallest absolute Gasteiger partial charge is 0.358 e. The average molecular weight is 298 g/mol. The van der Waals surface area contributed by atoms with Crippen LogP contribution in [-0.4, -0.2) is 21.7 Å². The SMILES string of the molecule is CC(=O)c1c(C)cc(C)c(COC(=O)c2cnccn2)c1C. The second-order valence-electron chi connectivity index (χ2n) is 5.21. The van der Waals surface area contributed by atoms with E-state index in [1.54, 1.807) is 6.92 Å². The molecule has 0 unspecified atom stereocenters. The summed E-state index contributed by atoms with van der Waals surface area (Å²) in [6.45, 7) is 7.37. The van der Waals surface area contributed by atoms with Gasteiger partial charge in [0, 0.05) is 18.0 Å². The van der Waals surface area contributed by atoms with Gasteiger partial charge in [0.2, 0.25) is 0 Å². The number of benzene rings is 1. The molecular weight excluding hydrogens is 280 g/mol. The molecule has 22 heavy (non-hydrogen) atoms. The molecule has 5 heteroatoms. The van der Waals surface area contributed by atoms with Gasteiger partial charge < -0.3 is 4.74 Å². The predicted octanol–water partition coefficient (Wildman–Crippen LogP) is 2.96. The topological polar surface area (TPSA) is 69.2 Å². The summed E-state index contributed by atoms with van der Waals surface area (Å²) in [4.78, 5) is 31.5. The lowest BCUT2D eigenvalue weighted by Crippen LogP contribution is -2.11. The lowest BCUT2D eigenvalue weighted by atomic mass is 9.92. The van der Waals surface area contributed by atoms with Crippen LogP contribution in [0.3, 0.4) is 0 Å². The Morgan fingerprint density at radius 1 is 1.14 bits per heavy atom. The molecule has 0 aliphatic heterocycles. The molecule has 0 spiro atoms. The molecule has 2 aromatic rings. The van der Waals surface area contributed by atoms with E-state index in [0.29, 0.717) is 5.56 Å². The Morgan fingerprint density at radius 2 is 1.86 bits per heavy atom. The summed E-state index contributed by atoms with van der Waals surface area (Å²) in [6.07, 6.45) is 4.29. The van der Waals surface area contributed by atoms with Crippen molar-refractivity contribution >= 4 is 11.8 Å². The fraction of sp³-hybridized carbons (Fsp3) is 0.294. The average Bonchev–Trinajstić information content (AvgIpc) is 2.46. The van der Waals surface area contributed by atoms with Crippen molar-refractivity contribution in [2.75, 3.05) is 0 Å². The molecule has 1 aromatic carbocycles. The first-order chi connectivity index (χ1) is 10.4. The number of aromatic nitrogens is 2. The van der Waals surface area contributed by atoms with Gasteiger partial charge in [-0.1, -0.05) is 6.07 Å². The number of aryl methyl sites for hydroxylation is 2. The lowest BCUT2D eigenvalue weighted by Gasteiger charge is -2.15. The number of hydrogen-bond acceptors (Lipinski definition) is 5. The van der Waals surface area contributed by atoms with E-state index in [0.717, 1.165) is 22.3 Å². The molecule has 0 fully saturated rings. The summed E-state index contributed by atoms with van der Waals surface area (Å²) in [5.74, 6) is -0.520. The van der Waals surface area contributed by atoms with E-state index >= 15 is 0 Å². The standard InChI is InChI=1S/C17H18N2O3/c1-10-7-11(2)16(13(4)20)12(3)14(10)9-22-17(21)15-8-18-5-6-19-15/h5-8H,9H2,1-4H3. The van der Waals surface area contributed by atoms with E-state index in [-0.39, 0.29) is 18.1 Å². The van der Waals surface area contributed by atoms with Gasteiger partial charge in [-0.15, -0.1) is 0 Å². The van der Waals surface area contributed by atoms with Gasteiger partial charge in [-0.2, -0.15) is 0 Å². The molecule has 2 rings (SSSR count). The number of hydrogen-bond donors (Lipinski definition) is 0. The summed E-state index contributed by atoms with van der Waals surface area (Å²) in [7, 11) is 0. The van der Waals surface area contributed by atoms with Crippen LogP contribution in [0.5, 0.6) is 0 Å². The molecule has 0 radical (unpaired) electrons. The quantitative estimate of drug-likeness (QED) is 0.641. The minimum absolute atomic E-state index is 0.0107. The van der Waals surface area contributed by atoms with E-state index in [2.05, 4.69) is 9.97 Å². The van der Waals surface area contributed by atoms with E-state index in [9.17, 15) is 9.59 Å². The van der Waals surface area contributed by atoms with Crippen molar-refractivity contribution in [3.63, 3.8) is 0 Å². The van der Waals surface area contributed by atoms with Crippen LogP contribution in [0.4, 0.5) is 0 Å². The number of Topliss-reactive ketones (excluding diaryl/α,β-unsaturated/α-hetero) is 1. The van der Waals surface area contributed by atoms with Gasteiger partial charge in [0.1, 0.15) is 6.61 Å². The maximum Gasteiger partial charge on any atom is 0.358 e. The monoisotopic (exact) mass is 298 g/mol. The van der Waals surface area contributed by atoms with E-state index in [4.69, 9.17) is 4.74 Å². The summed E-state index contributed by atoms with van der Waals surface area (Å²) in [5, 5.41) is 0. The number of ketones is 1. The molecule has 0 N–H and O–H groups in total. The van der Waals surface area contributed by atoms with Gasteiger partial charge in [0.25, 0.3) is 0 Å². The first kappa shape index (κ1) is 15.8. The van der Waals surface area contributed by atoms with Gasteiger partial charge in [-0.3, -0.25) is 9.78 Å². The zero-order valence-electron chi connectivity index (χ0n) is 13.1. The van der Waals surface area contributed by atoms with Crippen LogP contribution in [0.15, 0.2) is 24.7 Å². The number of rotatable bonds is 4. The second-order valence-corrected chi connectivity index (χ2v) is 5.21. The van der Waals surface area contributed by atoms with Crippen molar-refractivity contribution in [2.24, 2.45) is 0 Å². The van der Waals surface area contributed by atoms with Gasteiger partial charge in [-0.25, -0.2) is 9.78 Å². The van der Waals surface area contributed by atoms with Crippen LogP contribution in [0.1, 0.15) is 50.0 Å². The van der Waals surface area contributed by atoms with Gasteiger partial charge in [-0.05, 0) is 49.9 Å². The third-order valence-electron chi connectivity index (χ3n) is 3.60. The molecule has 0 aliphatic carbocycles. The van der Waals surface area contributed by atoms with Crippen LogP contribution in [0, 0.1) is 20.8 Å². The summed E-state index contributed by atoms with van der Waals surface area (Å²) in [6, 6.07) is 1.94. The van der Waals surface area contributed by atoms with Crippen molar-refractivity contribution in [3.8, 4) is 0 Å². The van der Waals surface area contributed by atoms with E-state index in [1.807, 2.05) is 26.8 Å². The number of esters is 1. The predicted molar refractivity (Wildman–Crippen MR) is 81.8 cm³/mol. The minimum Gasteiger partial charge on any atom is -0.456 e. The van der Waals surface area contributed by atoms with Crippen molar-refractivity contribution in [1.82, 2.24) is 9.97 Å². The van der Waals surface area contributed by atoms with Crippen molar-refractivity contribution < 1.29 is 14.3 Å².